The van der Waals surface area contributed by atoms with Crippen molar-refractivity contribution >= 4 is 0 Å². The van der Waals surface area contributed by atoms with E-state index in [0.29, 0.717) is 0 Å². The van der Waals surface area contributed by atoms with E-state index in [1.54, 1.807) is 0 Å². The molecular weight excluding hydrogens is 160 g/mol. The molecule has 1 rings (SSSR count). The maximum Gasteiger partial charge on any atom is 0.0931 e. The highest BCUT2D eigenvalue weighted by atomic mass is 14.6. The molecule has 1 aromatic carbocycles. The van der Waals surface area contributed by atoms with Crippen LogP contribution in [0, 0.1) is 18.3 Å². The molecule has 0 aliphatic rings. The summed E-state index contributed by atoms with van der Waals surface area (Å²) in [6.07, 6.45) is 1.62. The van der Waals surface area contributed by atoms with E-state index < -0.39 is 0 Å². The molecular formula is C11H14N2. The molecule has 0 aromatic heterocycles. The summed E-state index contributed by atoms with van der Waals surface area (Å²) in [5.74, 6) is 0. The van der Waals surface area contributed by atoms with Gasteiger partial charge in [0.25, 0.3) is 0 Å². The predicted molar refractivity (Wildman–Crippen MR) is 53.1 cm³/mol. The third-order valence-corrected chi connectivity index (χ3v) is 1.99. The van der Waals surface area contributed by atoms with Crippen molar-refractivity contribution in [3.05, 3.63) is 35.4 Å². The molecule has 0 aliphatic heterocycles. The van der Waals surface area contributed by atoms with E-state index in [1.807, 2.05) is 12.1 Å². The second-order valence-corrected chi connectivity index (χ2v) is 3.26. The summed E-state index contributed by atoms with van der Waals surface area (Å²) < 4.78 is 0. The molecule has 13 heavy (non-hydrogen) atoms. The first kappa shape index (κ1) is 9.76. The molecule has 0 radical (unpaired) electrons. The van der Waals surface area contributed by atoms with Crippen LogP contribution in [0.1, 0.15) is 17.5 Å². The Morgan fingerprint density at radius 2 is 2.31 bits per heavy atom. The Morgan fingerprint density at radius 3 is 2.92 bits per heavy atom. The Balaban J connectivity index is 2.51. The van der Waals surface area contributed by atoms with Crippen molar-refractivity contribution < 1.29 is 0 Å². The van der Waals surface area contributed by atoms with Crippen LogP contribution in [-0.2, 0) is 6.42 Å². The van der Waals surface area contributed by atoms with E-state index in [0.717, 1.165) is 12.8 Å². The molecule has 0 aliphatic carbocycles. The lowest BCUT2D eigenvalue weighted by Crippen LogP contribution is -2.17. The molecule has 0 spiro atoms. The van der Waals surface area contributed by atoms with Crippen LogP contribution in [0.25, 0.3) is 0 Å². The number of rotatable bonds is 3. The lowest BCUT2D eigenvalue weighted by molar-refractivity contribution is 0.731. The molecule has 1 unspecified atom stereocenters. The summed E-state index contributed by atoms with van der Waals surface area (Å²) in [6.45, 7) is 2.06. The van der Waals surface area contributed by atoms with Gasteiger partial charge in [0.05, 0.1) is 12.1 Å². The minimum Gasteiger partial charge on any atom is -0.316 e. The van der Waals surface area contributed by atoms with Gasteiger partial charge in [-0.05, 0) is 25.3 Å². The quantitative estimate of drug-likeness (QED) is 0.759. The summed E-state index contributed by atoms with van der Waals surface area (Å²) in [5, 5.41) is 8.49. The monoisotopic (exact) mass is 174 g/mol. The lowest BCUT2D eigenvalue weighted by Gasteiger charge is -2.03. The van der Waals surface area contributed by atoms with Gasteiger partial charge in [0.2, 0.25) is 0 Å². The maximum absolute atomic E-state index is 8.49. The Bertz CT molecular complexity index is 312. The Morgan fingerprint density at radius 1 is 1.54 bits per heavy atom. The largest absolute Gasteiger partial charge is 0.316 e. The fourth-order valence-corrected chi connectivity index (χ4v) is 1.25. The molecule has 68 valence electrons. The second kappa shape index (κ2) is 4.64. The van der Waals surface area contributed by atoms with E-state index in [9.17, 15) is 0 Å². The van der Waals surface area contributed by atoms with E-state index >= 15 is 0 Å². The van der Waals surface area contributed by atoms with E-state index in [-0.39, 0.29) is 6.04 Å². The Labute approximate surface area is 79.0 Å². The van der Waals surface area contributed by atoms with Gasteiger partial charge >= 0.3 is 0 Å². The van der Waals surface area contributed by atoms with Gasteiger partial charge in [-0.15, -0.1) is 0 Å². The summed E-state index contributed by atoms with van der Waals surface area (Å²) in [4.78, 5) is 0. The summed E-state index contributed by atoms with van der Waals surface area (Å²) in [7, 11) is 0. The number of hydrogen-bond donors (Lipinski definition) is 1. The van der Waals surface area contributed by atoms with Crippen LogP contribution >= 0.6 is 0 Å². The molecule has 2 heteroatoms. The lowest BCUT2D eigenvalue weighted by atomic mass is 10.0. The standard InChI is InChI=1S/C11H14N2/c1-9-3-2-4-10(7-9)5-6-11(13)8-12/h2-4,7,11H,5-6,13H2,1H3. The minimum atomic E-state index is -0.333. The van der Waals surface area contributed by atoms with Crippen molar-refractivity contribution in [3.8, 4) is 6.07 Å². The zero-order valence-electron chi connectivity index (χ0n) is 7.83. The average molecular weight is 174 g/mol. The zero-order valence-corrected chi connectivity index (χ0v) is 7.83. The number of benzene rings is 1. The Hall–Kier alpha value is -1.33. The number of hydrogen-bond acceptors (Lipinski definition) is 2. The van der Waals surface area contributed by atoms with Gasteiger partial charge in [-0.1, -0.05) is 29.8 Å². The van der Waals surface area contributed by atoms with Crippen LogP contribution in [0.5, 0.6) is 0 Å². The van der Waals surface area contributed by atoms with Crippen molar-refractivity contribution in [3.63, 3.8) is 0 Å². The third-order valence-electron chi connectivity index (χ3n) is 1.99. The van der Waals surface area contributed by atoms with E-state index in [1.165, 1.54) is 11.1 Å². The summed E-state index contributed by atoms with van der Waals surface area (Å²) >= 11 is 0. The third kappa shape index (κ3) is 3.27. The molecule has 0 fully saturated rings. The van der Waals surface area contributed by atoms with Crippen molar-refractivity contribution in [2.45, 2.75) is 25.8 Å². The fraction of sp³-hybridized carbons (Fsp3) is 0.364. The highest BCUT2D eigenvalue weighted by Crippen LogP contribution is 2.07. The first-order valence-corrected chi connectivity index (χ1v) is 4.43. The number of aryl methyl sites for hydroxylation is 2. The van der Waals surface area contributed by atoms with E-state index in [2.05, 4.69) is 25.1 Å². The van der Waals surface area contributed by atoms with Crippen LogP contribution < -0.4 is 5.73 Å². The van der Waals surface area contributed by atoms with Gasteiger partial charge in [0, 0.05) is 0 Å². The van der Waals surface area contributed by atoms with Crippen molar-refractivity contribution in [1.29, 1.82) is 5.26 Å². The van der Waals surface area contributed by atoms with Crippen LogP contribution in [-0.4, -0.2) is 6.04 Å². The smallest absolute Gasteiger partial charge is 0.0931 e. The first-order chi connectivity index (χ1) is 6.22. The van der Waals surface area contributed by atoms with E-state index in [4.69, 9.17) is 11.0 Å². The molecule has 1 atom stereocenters. The molecule has 1 aromatic rings. The van der Waals surface area contributed by atoms with Gasteiger partial charge in [0.15, 0.2) is 0 Å². The zero-order chi connectivity index (χ0) is 9.68. The average Bonchev–Trinajstić information content (AvgIpc) is 2.14. The van der Waals surface area contributed by atoms with Crippen LogP contribution in [0.15, 0.2) is 24.3 Å². The SMILES string of the molecule is Cc1cccc(CCC(N)C#N)c1. The fourth-order valence-electron chi connectivity index (χ4n) is 1.25. The second-order valence-electron chi connectivity index (χ2n) is 3.26. The molecule has 0 heterocycles. The molecule has 0 saturated heterocycles. The van der Waals surface area contributed by atoms with Gasteiger partial charge in [-0.3, -0.25) is 0 Å². The Kier molecular flexibility index (Phi) is 3.48. The number of nitrogens with zero attached hydrogens (tertiary/aromatic N) is 1. The van der Waals surface area contributed by atoms with Crippen LogP contribution in [0.3, 0.4) is 0 Å². The van der Waals surface area contributed by atoms with Crippen molar-refractivity contribution in [1.82, 2.24) is 0 Å². The summed E-state index contributed by atoms with van der Waals surface area (Å²) in [5.41, 5.74) is 8.01. The highest BCUT2D eigenvalue weighted by molar-refractivity contribution is 5.22. The molecule has 2 N–H and O–H groups in total. The maximum atomic E-state index is 8.49. The topological polar surface area (TPSA) is 49.8 Å². The van der Waals surface area contributed by atoms with Gasteiger partial charge in [-0.25, -0.2) is 0 Å². The molecule has 0 amide bonds. The number of nitrogens with two attached hydrogens (primary N) is 1. The minimum absolute atomic E-state index is 0.333. The molecule has 0 saturated carbocycles. The first-order valence-electron chi connectivity index (χ1n) is 4.43. The summed E-state index contributed by atoms with van der Waals surface area (Å²) in [6, 6.07) is 9.98. The molecule has 2 nitrogen and oxygen atoms in total. The van der Waals surface area contributed by atoms with Crippen molar-refractivity contribution in [2.75, 3.05) is 0 Å². The van der Waals surface area contributed by atoms with Gasteiger partial charge < -0.3 is 5.73 Å². The van der Waals surface area contributed by atoms with Crippen LogP contribution in [0.4, 0.5) is 0 Å². The predicted octanol–water partition coefficient (Wildman–Crippen LogP) is 1.78. The highest BCUT2D eigenvalue weighted by Gasteiger charge is 2.00. The van der Waals surface area contributed by atoms with Gasteiger partial charge in [0.1, 0.15) is 0 Å². The molecule has 0 bridgehead atoms. The normalized spacial score (nSPS) is 12.1. The van der Waals surface area contributed by atoms with Crippen LogP contribution in [0.2, 0.25) is 0 Å². The van der Waals surface area contributed by atoms with Crippen molar-refractivity contribution in [2.24, 2.45) is 5.73 Å². The number of nitriles is 1. The van der Waals surface area contributed by atoms with Gasteiger partial charge in [-0.2, -0.15) is 5.26 Å².